The Morgan fingerprint density at radius 3 is 2.29 bits per heavy atom. The first-order chi connectivity index (χ1) is 9.77. The highest BCUT2D eigenvalue weighted by molar-refractivity contribution is 9.12. The maximum atomic E-state index is 12.4. The van der Waals surface area contributed by atoms with E-state index in [0.29, 0.717) is 9.35 Å². The number of ether oxygens (including phenoxy) is 1. The van der Waals surface area contributed by atoms with Crippen molar-refractivity contribution in [2.75, 3.05) is 6.61 Å². The van der Waals surface area contributed by atoms with Gasteiger partial charge >= 0.3 is 6.18 Å². The van der Waals surface area contributed by atoms with E-state index in [4.69, 9.17) is 4.74 Å². The van der Waals surface area contributed by atoms with Gasteiger partial charge in [-0.2, -0.15) is 13.2 Å². The molecule has 0 saturated carbocycles. The molecule has 0 spiro atoms. The summed E-state index contributed by atoms with van der Waals surface area (Å²) >= 11 is 7.88. The molecular weight excluding hydrogens is 437 g/mol. The van der Waals surface area contributed by atoms with Gasteiger partial charge in [-0.05, 0) is 62.2 Å². The molecule has 0 radical (unpaired) electrons. The number of thiophene rings is 1. The van der Waals surface area contributed by atoms with E-state index < -0.39 is 11.7 Å². The Bertz CT molecular complexity index is 650. The van der Waals surface area contributed by atoms with E-state index in [1.807, 2.05) is 0 Å². The van der Waals surface area contributed by atoms with Gasteiger partial charge < -0.3 is 4.74 Å². The van der Waals surface area contributed by atoms with E-state index in [2.05, 4.69) is 31.9 Å². The van der Waals surface area contributed by atoms with Crippen LogP contribution in [0.4, 0.5) is 13.2 Å². The average Bonchev–Trinajstić information content (AvgIpc) is 2.74. The summed E-state index contributed by atoms with van der Waals surface area (Å²) in [4.78, 5) is 11.9. The Kier molecular flexibility index (Phi) is 5.11. The van der Waals surface area contributed by atoms with Crippen molar-refractivity contribution in [3.63, 3.8) is 0 Å². The third kappa shape index (κ3) is 4.31. The molecule has 1 aromatic heterocycles. The summed E-state index contributed by atoms with van der Waals surface area (Å²) < 4.78 is 43.9. The van der Waals surface area contributed by atoms with Gasteiger partial charge in [-0.3, -0.25) is 4.79 Å². The van der Waals surface area contributed by atoms with Crippen LogP contribution >= 0.6 is 43.2 Å². The first-order valence-corrected chi connectivity index (χ1v) is 7.95. The standard InChI is InChI=1S/C13H7Br2F3O2S/c14-11-5-9(12(15)21-11)10(19)6-20-8-3-1-7(2-4-8)13(16,17)18/h1-5H,6H2. The summed E-state index contributed by atoms with van der Waals surface area (Å²) in [5, 5.41) is 0. The second-order valence-corrected chi connectivity index (χ2v) is 7.72. The van der Waals surface area contributed by atoms with Crippen LogP contribution in [0.1, 0.15) is 15.9 Å². The lowest BCUT2D eigenvalue weighted by Gasteiger charge is -2.08. The summed E-state index contributed by atoms with van der Waals surface area (Å²) in [6.45, 7) is -0.243. The Balaban J connectivity index is 2.00. The third-order valence-corrected chi connectivity index (χ3v) is 4.85. The lowest BCUT2D eigenvalue weighted by Crippen LogP contribution is -2.11. The first kappa shape index (κ1) is 16.5. The SMILES string of the molecule is O=C(COc1ccc(C(F)(F)F)cc1)c1cc(Br)sc1Br. The Labute approximate surface area is 139 Å². The number of carbonyl (C=O) groups excluding carboxylic acids is 1. The van der Waals surface area contributed by atoms with Crippen molar-refractivity contribution in [1.82, 2.24) is 0 Å². The molecule has 0 atom stereocenters. The van der Waals surface area contributed by atoms with Gasteiger partial charge in [0.2, 0.25) is 5.78 Å². The second kappa shape index (κ2) is 6.50. The zero-order valence-corrected chi connectivity index (χ0v) is 14.2. The highest BCUT2D eigenvalue weighted by atomic mass is 79.9. The van der Waals surface area contributed by atoms with Crippen LogP contribution in [0, 0.1) is 0 Å². The molecule has 0 fully saturated rings. The van der Waals surface area contributed by atoms with Gasteiger partial charge in [0.05, 0.1) is 13.1 Å². The molecule has 0 N–H and O–H groups in total. The molecule has 8 heteroatoms. The molecule has 0 saturated heterocycles. The molecule has 0 bridgehead atoms. The number of ketones is 1. The van der Waals surface area contributed by atoms with Crippen molar-refractivity contribution < 1.29 is 22.7 Å². The van der Waals surface area contributed by atoms with Crippen LogP contribution in [0.3, 0.4) is 0 Å². The van der Waals surface area contributed by atoms with Crippen molar-refractivity contribution in [1.29, 1.82) is 0 Å². The summed E-state index contributed by atoms with van der Waals surface area (Å²) in [7, 11) is 0. The predicted octanol–water partition coefficient (Wildman–Crippen LogP) is 5.55. The summed E-state index contributed by atoms with van der Waals surface area (Å²) in [6, 6.07) is 5.87. The number of carbonyl (C=O) groups is 1. The molecule has 1 aromatic carbocycles. The number of halogens is 5. The summed E-state index contributed by atoms with van der Waals surface area (Å²) in [5.41, 5.74) is -0.288. The van der Waals surface area contributed by atoms with E-state index in [0.717, 1.165) is 15.9 Å². The number of hydrogen-bond donors (Lipinski definition) is 0. The average molecular weight is 444 g/mol. The summed E-state index contributed by atoms with van der Waals surface area (Å²) in [5.74, 6) is -0.0505. The van der Waals surface area contributed by atoms with E-state index >= 15 is 0 Å². The minimum atomic E-state index is -4.39. The normalized spacial score (nSPS) is 11.5. The third-order valence-electron chi connectivity index (χ3n) is 2.51. The van der Waals surface area contributed by atoms with Crippen molar-refractivity contribution in [3.8, 4) is 5.75 Å². The summed E-state index contributed by atoms with van der Waals surface area (Å²) in [6.07, 6.45) is -4.39. The minimum Gasteiger partial charge on any atom is -0.485 e. The molecule has 0 amide bonds. The topological polar surface area (TPSA) is 26.3 Å². The molecule has 2 rings (SSSR count). The van der Waals surface area contributed by atoms with Crippen LogP contribution in [0.25, 0.3) is 0 Å². The zero-order valence-electron chi connectivity index (χ0n) is 10.2. The number of benzene rings is 1. The first-order valence-electron chi connectivity index (χ1n) is 5.55. The molecule has 0 aliphatic heterocycles. The number of rotatable bonds is 4. The van der Waals surface area contributed by atoms with Crippen LogP contribution in [-0.2, 0) is 6.18 Å². The molecule has 2 aromatic rings. The lowest BCUT2D eigenvalue weighted by molar-refractivity contribution is -0.137. The van der Waals surface area contributed by atoms with Gasteiger partial charge in [0.1, 0.15) is 5.75 Å². The molecule has 112 valence electrons. The molecule has 0 aliphatic rings. The Hall–Kier alpha value is -0.860. The second-order valence-electron chi connectivity index (χ2n) is 3.97. The van der Waals surface area contributed by atoms with E-state index in [1.165, 1.54) is 23.5 Å². The molecule has 1 heterocycles. The lowest BCUT2D eigenvalue weighted by atomic mass is 10.2. The monoisotopic (exact) mass is 442 g/mol. The smallest absolute Gasteiger partial charge is 0.416 e. The van der Waals surface area contributed by atoms with E-state index in [9.17, 15) is 18.0 Å². The largest absolute Gasteiger partial charge is 0.485 e. The predicted molar refractivity (Wildman–Crippen MR) is 81.0 cm³/mol. The molecule has 0 unspecified atom stereocenters. The Morgan fingerprint density at radius 2 is 1.81 bits per heavy atom. The molecule has 21 heavy (non-hydrogen) atoms. The van der Waals surface area contributed by atoms with Crippen LogP contribution in [0.5, 0.6) is 5.75 Å². The Morgan fingerprint density at radius 1 is 1.19 bits per heavy atom. The van der Waals surface area contributed by atoms with Crippen molar-refractivity contribution in [2.45, 2.75) is 6.18 Å². The molecule has 0 aliphatic carbocycles. The fourth-order valence-corrected chi connectivity index (χ4v) is 4.35. The van der Waals surface area contributed by atoms with Crippen molar-refractivity contribution in [2.24, 2.45) is 0 Å². The van der Waals surface area contributed by atoms with Crippen LogP contribution in [0.2, 0.25) is 0 Å². The number of hydrogen-bond acceptors (Lipinski definition) is 3. The van der Waals surface area contributed by atoms with Crippen molar-refractivity contribution >= 4 is 49.0 Å². The molecule has 2 nitrogen and oxygen atoms in total. The van der Waals surface area contributed by atoms with Crippen molar-refractivity contribution in [3.05, 3.63) is 49.0 Å². The zero-order chi connectivity index (χ0) is 15.6. The van der Waals surface area contributed by atoms with Gasteiger partial charge in [-0.25, -0.2) is 0 Å². The van der Waals surface area contributed by atoms with Crippen LogP contribution < -0.4 is 4.74 Å². The number of alkyl halides is 3. The number of Topliss-reactive ketones (excluding diaryl/α,β-unsaturated/α-hetero) is 1. The van der Waals surface area contributed by atoms with Gasteiger partial charge in [0, 0.05) is 5.56 Å². The maximum absolute atomic E-state index is 12.4. The minimum absolute atomic E-state index is 0.210. The highest BCUT2D eigenvalue weighted by Gasteiger charge is 2.30. The quantitative estimate of drug-likeness (QED) is 0.578. The fourth-order valence-electron chi connectivity index (χ4n) is 1.50. The van der Waals surface area contributed by atoms with Gasteiger partial charge in [0.15, 0.2) is 6.61 Å². The van der Waals surface area contributed by atoms with Crippen LogP contribution in [0.15, 0.2) is 37.9 Å². The maximum Gasteiger partial charge on any atom is 0.416 e. The fraction of sp³-hybridized carbons (Fsp3) is 0.154. The van der Waals surface area contributed by atoms with Gasteiger partial charge in [0.25, 0.3) is 0 Å². The van der Waals surface area contributed by atoms with E-state index in [-0.39, 0.29) is 18.1 Å². The van der Waals surface area contributed by atoms with Crippen LogP contribution in [-0.4, -0.2) is 12.4 Å². The van der Waals surface area contributed by atoms with Gasteiger partial charge in [-0.1, -0.05) is 0 Å². The van der Waals surface area contributed by atoms with E-state index in [1.54, 1.807) is 6.07 Å². The molecular formula is C13H7Br2F3O2S. The van der Waals surface area contributed by atoms with Gasteiger partial charge in [-0.15, -0.1) is 11.3 Å². The highest BCUT2D eigenvalue weighted by Crippen LogP contribution is 2.32.